The molecule has 0 fully saturated rings. The molecule has 3 rings (SSSR count). The molecule has 1 aromatic heterocycles. The van der Waals surface area contributed by atoms with Gasteiger partial charge in [-0.2, -0.15) is 0 Å². The minimum atomic E-state index is -0.298. The summed E-state index contributed by atoms with van der Waals surface area (Å²) in [5.74, 6) is 0.214. The van der Waals surface area contributed by atoms with Gasteiger partial charge >= 0.3 is 0 Å². The number of hydrogen-bond donors (Lipinski definition) is 2. The molecule has 1 aliphatic rings. The standard InChI is InChI=1S/C15H15N3O3S/c19-12(9-21-10-5-2-1-3-6-10)18-15-17-11-7-4-8-16-14(20)13(11)22-15/h1-3,5-6H,4,7-9H2,(H,16,20)(H,17,18,19). The van der Waals surface area contributed by atoms with Gasteiger partial charge in [-0.3, -0.25) is 14.9 Å². The number of carbonyl (C=O) groups is 2. The van der Waals surface area contributed by atoms with Crippen LogP contribution in [0.3, 0.4) is 0 Å². The molecule has 6 nitrogen and oxygen atoms in total. The van der Waals surface area contributed by atoms with Crippen molar-refractivity contribution in [3.63, 3.8) is 0 Å². The number of thiazole rings is 1. The van der Waals surface area contributed by atoms with Crippen molar-refractivity contribution in [2.75, 3.05) is 18.5 Å². The maximum atomic E-state index is 11.9. The van der Waals surface area contributed by atoms with Gasteiger partial charge in [-0.1, -0.05) is 29.5 Å². The van der Waals surface area contributed by atoms with Crippen molar-refractivity contribution in [2.24, 2.45) is 0 Å². The summed E-state index contributed by atoms with van der Waals surface area (Å²) in [7, 11) is 0. The Morgan fingerprint density at radius 3 is 3.00 bits per heavy atom. The number of rotatable bonds is 4. The van der Waals surface area contributed by atoms with Crippen LogP contribution in [0, 0.1) is 0 Å². The first kappa shape index (κ1) is 14.5. The number of ether oxygens (including phenoxy) is 1. The highest BCUT2D eigenvalue weighted by atomic mass is 32.1. The quantitative estimate of drug-likeness (QED) is 0.901. The first-order valence-electron chi connectivity index (χ1n) is 6.98. The van der Waals surface area contributed by atoms with Crippen LogP contribution >= 0.6 is 11.3 Å². The topological polar surface area (TPSA) is 80.3 Å². The molecule has 0 spiro atoms. The van der Waals surface area contributed by atoms with Crippen molar-refractivity contribution in [3.8, 4) is 5.75 Å². The summed E-state index contributed by atoms with van der Waals surface area (Å²) in [5.41, 5.74) is 0.749. The highest BCUT2D eigenvalue weighted by Gasteiger charge is 2.21. The Kier molecular flexibility index (Phi) is 4.34. The van der Waals surface area contributed by atoms with Crippen LogP contribution < -0.4 is 15.4 Å². The van der Waals surface area contributed by atoms with Gasteiger partial charge in [-0.25, -0.2) is 4.98 Å². The fourth-order valence-corrected chi connectivity index (χ4v) is 3.06. The zero-order valence-electron chi connectivity index (χ0n) is 11.8. The van der Waals surface area contributed by atoms with Gasteiger partial charge in [0.2, 0.25) is 0 Å². The maximum absolute atomic E-state index is 11.9. The smallest absolute Gasteiger partial charge is 0.264 e. The van der Waals surface area contributed by atoms with E-state index in [9.17, 15) is 9.59 Å². The Morgan fingerprint density at radius 2 is 2.18 bits per heavy atom. The van der Waals surface area contributed by atoms with Crippen LogP contribution in [-0.4, -0.2) is 29.9 Å². The molecule has 0 saturated carbocycles. The Hall–Kier alpha value is -2.41. The first-order valence-corrected chi connectivity index (χ1v) is 7.79. The van der Waals surface area contributed by atoms with E-state index in [0.29, 0.717) is 22.3 Å². The average molecular weight is 317 g/mol. The Morgan fingerprint density at radius 1 is 1.36 bits per heavy atom. The van der Waals surface area contributed by atoms with E-state index in [1.807, 2.05) is 18.2 Å². The van der Waals surface area contributed by atoms with E-state index in [4.69, 9.17) is 4.74 Å². The number of nitrogens with zero attached hydrogens (tertiary/aromatic N) is 1. The molecule has 1 aliphatic heterocycles. The molecule has 1 aromatic carbocycles. The summed E-state index contributed by atoms with van der Waals surface area (Å²) in [6, 6.07) is 9.11. The number of benzene rings is 1. The van der Waals surface area contributed by atoms with Crippen molar-refractivity contribution in [2.45, 2.75) is 12.8 Å². The third kappa shape index (κ3) is 3.43. The minimum Gasteiger partial charge on any atom is -0.484 e. The molecule has 2 aromatic rings. The van der Waals surface area contributed by atoms with Crippen LogP contribution in [0.1, 0.15) is 21.8 Å². The zero-order chi connectivity index (χ0) is 15.4. The van der Waals surface area contributed by atoms with Gasteiger partial charge in [0.25, 0.3) is 11.8 Å². The van der Waals surface area contributed by atoms with E-state index in [1.54, 1.807) is 12.1 Å². The number of hydrogen-bond acceptors (Lipinski definition) is 5. The van der Waals surface area contributed by atoms with Crippen molar-refractivity contribution >= 4 is 28.3 Å². The molecule has 0 saturated heterocycles. The lowest BCUT2D eigenvalue weighted by molar-refractivity contribution is -0.118. The Balaban J connectivity index is 1.60. The number of nitrogens with one attached hydrogen (secondary N) is 2. The highest BCUT2D eigenvalue weighted by Crippen LogP contribution is 2.25. The van der Waals surface area contributed by atoms with Gasteiger partial charge in [-0.05, 0) is 25.0 Å². The SMILES string of the molecule is O=C(COc1ccccc1)Nc1nc2c(s1)C(=O)NCCC2. The van der Waals surface area contributed by atoms with Gasteiger partial charge in [0.1, 0.15) is 10.6 Å². The van der Waals surface area contributed by atoms with Crippen molar-refractivity contribution < 1.29 is 14.3 Å². The molecular weight excluding hydrogens is 302 g/mol. The number of para-hydroxylation sites is 1. The summed E-state index contributed by atoms with van der Waals surface area (Å²) in [5, 5.41) is 5.92. The van der Waals surface area contributed by atoms with Crippen molar-refractivity contribution in [3.05, 3.63) is 40.9 Å². The molecule has 2 amide bonds. The third-order valence-electron chi connectivity index (χ3n) is 3.14. The molecule has 0 atom stereocenters. The highest BCUT2D eigenvalue weighted by molar-refractivity contribution is 7.17. The summed E-state index contributed by atoms with van der Waals surface area (Å²) in [6.45, 7) is 0.564. The predicted molar refractivity (Wildman–Crippen MR) is 83.3 cm³/mol. The molecule has 7 heteroatoms. The lowest BCUT2D eigenvalue weighted by Crippen LogP contribution is -2.21. The monoisotopic (exact) mass is 317 g/mol. The van der Waals surface area contributed by atoms with E-state index < -0.39 is 0 Å². The lowest BCUT2D eigenvalue weighted by atomic mass is 10.2. The van der Waals surface area contributed by atoms with Crippen molar-refractivity contribution in [1.82, 2.24) is 10.3 Å². The van der Waals surface area contributed by atoms with Gasteiger partial charge in [0.05, 0.1) is 5.69 Å². The van der Waals surface area contributed by atoms with Gasteiger partial charge < -0.3 is 10.1 Å². The second-order valence-electron chi connectivity index (χ2n) is 4.80. The first-order chi connectivity index (χ1) is 10.7. The number of amides is 2. The number of fused-ring (bicyclic) bond motifs is 1. The average Bonchev–Trinajstić information content (AvgIpc) is 2.85. The van der Waals surface area contributed by atoms with E-state index in [1.165, 1.54) is 11.3 Å². The van der Waals surface area contributed by atoms with Crippen LogP contribution in [0.5, 0.6) is 5.75 Å². The third-order valence-corrected chi connectivity index (χ3v) is 4.15. The molecular formula is C15H15N3O3S. The molecule has 0 radical (unpaired) electrons. The molecule has 22 heavy (non-hydrogen) atoms. The van der Waals surface area contributed by atoms with Crippen LogP contribution in [0.15, 0.2) is 30.3 Å². The molecule has 0 unspecified atom stereocenters. The number of carbonyl (C=O) groups excluding carboxylic acids is 2. The summed E-state index contributed by atoms with van der Waals surface area (Å²) >= 11 is 1.20. The lowest BCUT2D eigenvalue weighted by Gasteiger charge is -2.05. The van der Waals surface area contributed by atoms with E-state index in [0.717, 1.165) is 18.5 Å². The number of anilines is 1. The fraction of sp³-hybridized carbons (Fsp3) is 0.267. The van der Waals surface area contributed by atoms with E-state index in [-0.39, 0.29) is 18.4 Å². The van der Waals surface area contributed by atoms with E-state index in [2.05, 4.69) is 15.6 Å². The Bertz CT molecular complexity index is 685. The second kappa shape index (κ2) is 6.57. The molecule has 2 heterocycles. The largest absolute Gasteiger partial charge is 0.484 e. The van der Waals surface area contributed by atoms with Crippen LogP contribution in [-0.2, 0) is 11.2 Å². The van der Waals surface area contributed by atoms with Crippen LogP contribution in [0.4, 0.5) is 5.13 Å². The molecule has 114 valence electrons. The summed E-state index contributed by atoms with van der Waals surface area (Å²) in [6.07, 6.45) is 1.59. The Labute approximate surface area is 131 Å². The second-order valence-corrected chi connectivity index (χ2v) is 5.80. The van der Waals surface area contributed by atoms with Gasteiger partial charge in [-0.15, -0.1) is 0 Å². The molecule has 0 aliphatic carbocycles. The number of aromatic nitrogens is 1. The predicted octanol–water partition coefficient (Wildman–Crippen LogP) is 1.84. The van der Waals surface area contributed by atoms with Crippen LogP contribution in [0.25, 0.3) is 0 Å². The van der Waals surface area contributed by atoms with E-state index >= 15 is 0 Å². The van der Waals surface area contributed by atoms with Crippen molar-refractivity contribution in [1.29, 1.82) is 0 Å². The molecule has 0 bridgehead atoms. The number of aryl methyl sites for hydroxylation is 1. The van der Waals surface area contributed by atoms with Gasteiger partial charge in [0, 0.05) is 6.54 Å². The maximum Gasteiger partial charge on any atom is 0.264 e. The summed E-state index contributed by atoms with van der Waals surface area (Å²) in [4.78, 5) is 28.6. The minimum absolute atomic E-state index is 0.0968. The van der Waals surface area contributed by atoms with Crippen LogP contribution in [0.2, 0.25) is 0 Å². The molecule has 2 N–H and O–H groups in total. The normalized spacial score (nSPS) is 13.7. The summed E-state index contributed by atoms with van der Waals surface area (Å²) < 4.78 is 5.37. The zero-order valence-corrected chi connectivity index (χ0v) is 12.6. The van der Waals surface area contributed by atoms with Gasteiger partial charge in [0.15, 0.2) is 11.7 Å². The fourth-order valence-electron chi connectivity index (χ4n) is 2.11.